The molecule has 0 saturated carbocycles. The topological polar surface area (TPSA) is 27.6 Å². The van der Waals surface area contributed by atoms with Gasteiger partial charge < -0.3 is 10.2 Å². The van der Waals surface area contributed by atoms with Crippen LogP contribution in [0.5, 0.6) is 0 Å². The third kappa shape index (κ3) is 8.72. The highest BCUT2D eigenvalue weighted by atomic mass is 19.1. The number of nitrogens with zero attached hydrogens (tertiary/aromatic N) is 2. The van der Waals surface area contributed by atoms with E-state index in [0.717, 1.165) is 25.3 Å². The van der Waals surface area contributed by atoms with Crippen LogP contribution in [0.15, 0.2) is 17.6 Å². The maximum Gasteiger partial charge on any atom is 0.193 e. The molecule has 0 fully saturated rings. The van der Waals surface area contributed by atoms with Crippen LogP contribution in [-0.4, -0.2) is 44.7 Å². The van der Waals surface area contributed by atoms with Crippen LogP contribution in [0.25, 0.3) is 0 Å². The second-order valence-electron chi connectivity index (χ2n) is 4.08. The van der Waals surface area contributed by atoms with Crippen molar-refractivity contribution in [3.05, 3.63) is 12.7 Å². The lowest BCUT2D eigenvalue weighted by Gasteiger charge is -2.21. The Balaban J connectivity index is 3.69. The van der Waals surface area contributed by atoms with Crippen LogP contribution >= 0.6 is 0 Å². The highest BCUT2D eigenvalue weighted by Crippen LogP contribution is 2.01. The van der Waals surface area contributed by atoms with E-state index in [1.165, 1.54) is 12.8 Å². The van der Waals surface area contributed by atoms with Crippen molar-refractivity contribution in [1.29, 1.82) is 0 Å². The lowest BCUT2D eigenvalue weighted by atomic mass is 10.2. The summed E-state index contributed by atoms with van der Waals surface area (Å²) in [5, 5.41) is 3.14. The fraction of sp³-hybridized carbons (Fsp3) is 0.769. The Morgan fingerprint density at radius 3 is 2.71 bits per heavy atom. The van der Waals surface area contributed by atoms with Gasteiger partial charge in [-0.3, -0.25) is 9.38 Å². The average molecular weight is 243 g/mol. The van der Waals surface area contributed by atoms with Crippen LogP contribution < -0.4 is 5.32 Å². The maximum atomic E-state index is 12.0. The Bertz CT molecular complexity index is 217. The Hall–Kier alpha value is -1.06. The molecule has 0 rings (SSSR count). The van der Waals surface area contributed by atoms with Crippen molar-refractivity contribution < 1.29 is 4.39 Å². The molecule has 0 aliphatic heterocycles. The molecule has 3 nitrogen and oxygen atoms in total. The maximum absolute atomic E-state index is 12.0. The van der Waals surface area contributed by atoms with Crippen LogP contribution in [0, 0.1) is 0 Å². The zero-order valence-corrected chi connectivity index (χ0v) is 11.2. The van der Waals surface area contributed by atoms with Gasteiger partial charge in [0.2, 0.25) is 0 Å². The number of rotatable bonds is 9. The number of halogens is 1. The van der Waals surface area contributed by atoms with Gasteiger partial charge in [-0.2, -0.15) is 0 Å². The van der Waals surface area contributed by atoms with Gasteiger partial charge in [0.25, 0.3) is 0 Å². The summed E-state index contributed by atoms with van der Waals surface area (Å²) < 4.78 is 12.0. The molecule has 0 aliphatic carbocycles. The molecule has 0 radical (unpaired) electrons. The van der Waals surface area contributed by atoms with Gasteiger partial charge in [-0.25, -0.2) is 0 Å². The van der Waals surface area contributed by atoms with Gasteiger partial charge in [0.1, 0.15) is 0 Å². The van der Waals surface area contributed by atoms with Crippen molar-refractivity contribution in [3.8, 4) is 0 Å². The Kier molecular flexibility index (Phi) is 10.7. The molecule has 4 heteroatoms. The van der Waals surface area contributed by atoms with Gasteiger partial charge >= 0.3 is 0 Å². The molecule has 0 amide bonds. The van der Waals surface area contributed by atoms with Gasteiger partial charge in [0.05, 0.1) is 6.67 Å². The van der Waals surface area contributed by atoms with E-state index < -0.39 is 0 Å². The second-order valence-corrected chi connectivity index (χ2v) is 4.08. The molecule has 0 bridgehead atoms. The van der Waals surface area contributed by atoms with Crippen LogP contribution in [0.1, 0.15) is 32.1 Å². The van der Waals surface area contributed by atoms with Crippen molar-refractivity contribution >= 4 is 5.96 Å². The van der Waals surface area contributed by atoms with Crippen molar-refractivity contribution in [2.45, 2.75) is 32.1 Å². The van der Waals surface area contributed by atoms with Crippen LogP contribution in [-0.2, 0) is 0 Å². The first kappa shape index (κ1) is 15.9. The predicted molar refractivity (Wildman–Crippen MR) is 73.2 cm³/mol. The summed E-state index contributed by atoms with van der Waals surface area (Å²) in [6, 6.07) is 0. The van der Waals surface area contributed by atoms with Gasteiger partial charge in [0.15, 0.2) is 5.96 Å². The molecular formula is C13H26FN3. The number of allylic oxidation sites excluding steroid dienone is 1. The minimum Gasteiger partial charge on any atom is -0.356 e. The normalized spacial score (nSPS) is 11.4. The zero-order chi connectivity index (χ0) is 12.9. The van der Waals surface area contributed by atoms with E-state index in [0.29, 0.717) is 13.0 Å². The minimum absolute atomic E-state index is 0.282. The van der Waals surface area contributed by atoms with E-state index in [1.54, 1.807) is 7.05 Å². The molecule has 0 atom stereocenters. The standard InChI is InChI=1S/C13H26FN3/c1-4-5-6-7-8-12-17(3)13(15-2)16-11-9-10-14/h4H,1,5-12H2,2-3H3,(H,15,16). The molecule has 0 spiro atoms. The van der Waals surface area contributed by atoms with E-state index in [-0.39, 0.29) is 6.67 Å². The zero-order valence-electron chi connectivity index (χ0n) is 11.2. The Labute approximate surface area is 105 Å². The largest absolute Gasteiger partial charge is 0.356 e. The number of guanidine groups is 1. The lowest BCUT2D eigenvalue weighted by molar-refractivity contribution is 0.441. The number of aliphatic imine (C=N–C) groups is 1. The molecule has 0 saturated heterocycles. The summed E-state index contributed by atoms with van der Waals surface area (Å²) in [6.45, 7) is 5.05. The van der Waals surface area contributed by atoms with E-state index in [9.17, 15) is 4.39 Å². The van der Waals surface area contributed by atoms with E-state index >= 15 is 0 Å². The molecule has 0 aliphatic rings. The van der Waals surface area contributed by atoms with E-state index in [4.69, 9.17) is 0 Å². The number of hydrogen-bond acceptors (Lipinski definition) is 1. The third-order valence-corrected chi connectivity index (χ3v) is 2.57. The molecular weight excluding hydrogens is 217 g/mol. The van der Waals surface area contributed by atoms with Gasteiger partial charge in [0, 0.05) is 27.2 Å². The number of unbranched alkanes of at least 4 members (excludes halogenated alkanes) is 3. The Morgan fingerprint density at radius 1 is 1.35 bits per heavy atom. The summed E-state index contributed by atoms with van der Waals surface area (Å²) in [5.74, 6) is 0.849. The van der Waals surface area contributed by atoms with Crippen molar-refractivity contribution in [1.82, 2.24) is 10.2 Å². The van der Waals surface area contributed by atoms with Gasteiger partial charge in [-0.15, -0.1) is 6.58 Å². The monoisotopic (exact) mass is 243 g/mol. The van der Waals surface area contributed by atoms with Crippen molar-refractivity contribution in [2.24, 2.45) is 4.99 Å². The summed E-state index contributed by atoms with van der Waals surface area (Å²) in [6.07, 6.45) is 7.14. The fourth-order valence-electron chi connectivity index (χ4n) is 1.57. The first-order valence-electron chi connectivity index (χ1n) is 6.35. The molecule has 100 valence electrons. The lowest BCUT2D eigenvalue weighted by Crippen LogP contribution is -2.39. The average Bonchev–Trinajstić information content (AvgIpc) is 2.34. The SMILES string of the molecule is C=CCCCCCN(C)C(=NC)NCCCF. The molecule has 0 unspecified atom stereocenters. The molecule has 17 heavy (non-hydrogen) atoms. The highest BCUT2D eigenvalue weighted by Gasteiger charge is 2.03. The quantitative estimate of drug-likeness (QED) is 0.292. The van der Waals surface area contributed by atoms with Crippen molar-refractivity contribution in [3.63, 3.8) is 0 Å². The first-order chi connectivity index (χ1) is 8.26. The van der Waals surface area contributed by atoms with Gasteiger partial charge in [-0.05, 0) is 25.7 Å². The molecule has 0 aromatic rings. The van der Waals surface area contributed by atoms with Crippen LogP contribution in [0.3, 0.4) is 0 Å². The van der Waals surface area contributed by atoms with Crippen molar-refractivity contribution in [2.75, 3.05) is 33.9 Å². The highest BCUT2D eigenvalue weighted by molar-refractivity contribution is 5.79. The number of hydrogen-bond donors (Lipinski definition) is 1. The molecule has 0 heterocycles. The van der Waals surface area contributed by atoms with Crippen LogP contribution in [0.4, 0.5) is 4.39 Å². The van der Waals surface area contributed by atoms with Gasteiger partial charge in [-0.1, -0.05) is 12.5 Å². The smallest absolute Gasteiger partial charge is 0.193 e. The molecule has 1 N–H and O–H groups in total. The summed E-state index contributed by atoms with van der Waals surface area (Å²) in [4.78, 5) is 6.26. The third-order valence-electron chi connectivity index (χ3n) is 2.57. The minimum atomic E-state index is -0.282. The van der Waals surface area contributed by atoms with E-state index in [2.05, 4.69) is 21.8 Å². The van der Waals surface area contributed by atoms with Crippen LogP contribution in [0.2, 0.25) is 0 Å². The summed E-state index contributed by atoms with van der Waals surface area (Å²) >= 11 is 0. The fourth-order valence-corrected chi connectivity index (χ4v) is 1.57. The summed E-state index contributed by atoms with van der Waals surface area (Å²) in [7, 11) is 3.77. The predicted octanol–water partition coefficient (Wildman–Crippen LogP) is 2.60. The first-order valence-corrected chi connectivity index (χ1v) is 6.35. The number of nitrogens with one attached hydrogen (secondary N) is 1. The molecule has 0 aromatic heterocycles. The molecule has 0 aromatic carbocycles. The Morgan fingerprint density at radius 2 is 2.12 bits per heavy atom. The second kappa shape index (κ2) is 11.4. The summed E-state index contributed by atoms with van der Waals surface area (Å²) in [5.41, 5.74) is 0. The number of alkyl halides is 1. The van der Waals surface area contributed by atoms with E-state index in [1.807, 2.05) is 13.1 Å².